The molecule has 1 N–H and O–H groups in total. The van der Waals surface area contributed by atoms with E-state index in [-0.39, 0.29) is 5.75 Å². The van der Waals surface area contributed by atoms with Crippen LogP contribution in [-0.2, 0) is 0 Å². The minimum Gasteiger partial charge on any atom is -0.507 e. The van der Waals surface area contributed by atoms with E-state index in [0.717, 1.165) is 34.2 Å². The van der Waals surface area contributed by atoms with Gasteiger partial charge in [-0.1, -0.05) is 30.3 Å². The fourth-order valence-electron chi connectivity index (χ4n) is 3.29. The molecule has 138 valence electrons. The maximum atomic E-state index is 10.3. The van der Waals surface area contributed by atoms with Gasteiger partial charge in [0.15, 0.2) is 5.69 Å². The molecule has 4 nitrogen and oxygen atoms in total. The molecule has 0 saturated carbocycles. The number of ether oxygens (including phenoxy) is 1. The molecule has 0 radical (unpaired) electrons. The highest BCUT2D eigenvalue weighted by molar-refractivity contribution is 5.68. The molecule has 1 aromatic heterocycles. The summed E-state index contributed by atoms with van der Waals surface area (Å²) in [4.78, 5) is 4.93. The average molecular weight is 369 g/mol. The molecular formula is C24H21N2O2+. The Hall–Kier alpha value is -3.66. The van der Waals surface area contributed by atoms with Crippen LogP contribution < -0.4 is 9.30 Å². The van der Waals surface area contributed by atoms with Gasteiger partial charge in [-0.15, -0.1) is 0 Å². The molecule has 0 atom stereocenters. The fraction of sp³-hybridized carbons (Fsp3) is 0.0833. The first kappa shape index (κ1) is 17.7. The zero-order chi connectivity index (χ0) is 19.5. The molecule has 0 fully saturated rings. The van der Waals surface area contributed by atoms with Crippen molar-refractivity contribution in [2.24, 2.45) is 0 Å². The summed E-state index contributed by atoms with van der Waals surface area (Å²) in [5.41, 5.74) is 4.45. The van der Waals surface area contributed by atoms with Gasteiger partial charge in [0, 0.05) is 6.07 Å². The number of rotatable bonds is 4. The highest BCUT2D eigenvalue weighted by Gasteiger charge is 2.23. The van der Waals surface area contributed by atoms with E-state index in [1.54, 1.807) is 13.2 Å². The molecule has 0 unspecified atom stereocenters. The van der Waals surface area contributed by atoms with Crippen LogP contribution in [-0.4, -0.2) is 17.2 Å². The zero-order valence-electron chi connectivity index (χ0n) is 15.8. The van der Waals surface area contributed by atoms with Crippen molar-refractivity contribution >= 4 is 0 Å². The largest absolute Gasteiger partial charge is 0.507 e. The Kier molecular flexibility index (Phi) is 4.77. The van der Waals surface area contributed by atoms with Gasteiger partial charge in [-0.2, -0.15) is 4.57 Å². The lowest BCUT2D eigenvalue weighted by atomic mass is 10.1. The number of aryl methyl sites for hydroxylation is 1. The lowest BCUT2D eigenvalue weighted by molar-refractivity contribution is -0.593. The monoisotopic (exact) mass is 369 g/mol. The fourth-order valence-corrected chi connectivity index (χ4v) is 3.29. The number of phenolic OH excluding ortho intramolecular Hbond substituents is 1. The summed E-state index contributed by atoms with van der Waals surface area (Å²) in [5, 5.41) is 10.3. The Balaban J connectivity index is 1.96. The number of hydrogen-bond acceptors (Lipinski definition) is 3. The molecule has 28 heavy (non-hydrogen) atoms. The van der Waals surface area contributed by atoms with Crippen molar-refractivity contribution in [1.82, 2.24) is 4.98 Å². The highest BCUT2D eigenvalue weighted by Crippen LogP contribution is 2.29. The van der Waals surface area contributed by atoms with E-state index in [1.807, 2.05) is 85.8 Å². The third kappa shape index (κ3) is 3.32. The summed E-state index contributed by atoms with van der Waals surface area (Å²) in [7, 11) is 1.66. The number of benzene rings is 3. The summed E-state index contributed by atoms with van der Waals surface area (Å²) in [6, 6.07) is 27.2. The summed E-state index contributed by atoms with van der Waals surface area (Å²) in [6.07, 6.45) is 0. The molecule has 0 aliphatic rings. The standard InChI is InChI=1S/C24H20N2O2/c1-17-16-22(21-10-6-7-11-23(21)27)25-24(18-8-4-3-5-9-18)26(17)19-12-14-20(28-2)15-13-19/h3-16H,1-2H3/p+1. The summed E-state index contributed by atoms with van der Waals surface area (Å²) in [6.45, 7) is 2.04. The van der Waals surface area contributed by atoms with Gasteiger partial charge in [-0.3, -0.25) is 0 Å². The molecule has 1 heterocycles. The van der Waals surface area contributed by atoms with Crippen molar-refractivity contribution in [2.75, 3.05) is 7.11 Å². The molecule has 3 aromatic carbocycles. The lowest BCUT2D eigenvalue weighted by Crippen LogP contribution is -2.38. The van der Waals surface area contributed by atoms with Gasteiger partial charge in [0.05, 0.1) is 18.2 Å². The average Bonchev–Trinajstić information content (AvgIpc) is 2.74. The third-order valence-corrected chi connectivity index (χ3v) is 4.68. The predicted molar refractivity (Wildman–Crippen MR) is 110 cm³/mol. The van der Waals surface area contributed by atoms with E-state index in [1.165, 1.54) is 0 Å². The number of aromatic nitrogens is 2. The van der Waals surface area contributed by atoms with Crippen molar-refractivity contribution < 1.29 is 14.4 Å². The number of nitrogens with zero attached hydrogens (tertiary/aromatic N) is 2. The molecule has 4 heteroatoms. The first-order valence-corrected chi connectivity index (χ1v) is 9.09. The van der Waals surface area contributed by atoms with Crippen LogP contribution in [0.4, 0.5) is 0 Å². The Labute approximate surface area is 164 Å². The van der Waals surface area contributed by atoms with Crippen LogP contribution >= 0.6 is 0 Å². The summed E-state index contributed by atoms with van der Waals surface area (Å²) < 4.78 is 7.40. The van der Waals surface area contributed by atoms with Crippen LogP contribution in [0.1, 0.15) is 5.69 Å². The second-order valence-corrected chi connectivity index (χ2v) is 6.52. The third-order valence-electron chi connectivity index (χ3n) is 4.68. The van der Waals surface area contributed by atoms with Crippen molar-refractivity contribution in [3.63, 3.8) is 0 Å². The Morgan fingerprint density at radius 2 is 1.54 bits per heavy atom. The van der Waals surface area contributed by atoms with E-state index < -0.39 is 0 Å². The Morgan fingerprint density at radius 3 is 2.21 bits per heavy atom. The minimum absolute atomic E-state index is 0.218. The van der Waals surface area contributed by atoms with Crippen LogP contribution in [0.3, 0.4) is 0 Å². The van der Waals surface area contributed by atoms with Crippen LogP contribution in [0.5, 0.6) is 11.5 Å². The van der Waals surface area contributed by atoms with Crippen molar-refractivity contribution in [3.05, 3.63) is 90.6 Å². The second kappa shape index (κ2) is 7.53. The van der Waals surface area contributed by atoms with Gasteiger partial charge < -0.3 is 9.84 Å². The first-order chi connectivity index (χ1) is 13.7. The molecule has 4 aromatic rings. The van der Waals surface area contributed by atoms with Crippen LogP contribution in [0, 0.1) is 6.92 Å². The smallest absolute Gasteiger partial charge is 0.336 e. The first-order valence-electron chi connectivity index (χ1n) is 9.09. The number of methoxy groups -OCH3 is 1. The van der Waals surface area contributed by atoms with E-state index in [9.17, 15) is 5.11 Å². The van der Waals surface area contributed by atoms with Crippen LogP contribution in [0.15, 0.2) is 84.9 Å². The van der Waals surface area contributed by atoms with Crippen molar-refractivity contribution in [3.8, 4) is 39.8 Å². The van der Waals surface area contributed by atoms with E-state index in [4.69, 9.17) is 9.72 Å². The molecule has 0 saturated heterocycles. The van der Waals surface area contributed by atoms with Gasteiger partial charge in [-0.05, 0) is 60.4 Å². The SMILES string of the molecule is COc1ccc(-[n+]2c(C)cc(-c3ccccc3O)nc2-c2ccccc2)cc1. The van der Waals surface area contributed by atoms with Gasteiger partial charge in [0.2, 0.25) is 0 Å². The predicted octanol–water partition coefficient (Wildman–Crippen LogP) is 4.71. The van der Waals surface area contributed by atoms with Crippen molar-refractivity contribution in [1.29, 1.82) is 0 Å². The quantitative estimate of drug-likeness (QED) is 0.530. The van der Waals surface area contributed by atoms with Gasteiger partial charge in [-0.25, -0.2) is 0 Å². The number of hydrogen-bond donors (Lipinski definition) is 1. The molecular weight excluding hydrogens is 348 g/mol. The van der Waals surface area contributed by atoms with Crippen molar-refractivity contribution in [2.45, 2.75) is 6.92 Å². The van der Waals surface area contributed by atoms with Gasteiger partial charge in [0.25, 0.3) is 0 Å². The molecule has 0 aliphatic carbocycles. The molecule has 0 spiro atoms. The Morgan fingerprint density at radius 1 is 0.857 bits per heavy atom. The maximum Gasteiger partial charge on any atom is 0.336 e. The minimum atomic E-state index is 0.218. The number of phenols is 1. The second-order valence-electron chi connectivity index (χ2n) is 6.52. The normalized spacial score (nSPS) is 10.6. The maximum absolute atomic E-state index is 10.3. The molecule has 0 bridgehead atoms. The number of aromatic hydroxyl groups is 1. The Bertz CT molecular complexity index is 1110. The molecule has 4 rings (SSSR count). The van der Waals surface area contributed by atoms with E-state index >= 15 is 0 Å². The highest BCUT2D eigenvalue weighted by atomic mass is 16.5. The van der Waals surface area contributed by atoms with E-state index in [2.05, 4.69) is 4.57 Å². The molecule has 0 aliphatic heterocycles. The summed E-state index contributed by atoms with van der Waals surface area (Å²) >= 11 is 0. The number of para-hydroxylation sites is 1. The zero-order valence-corrected chi connectivity index (χ0v) is 15.8. The lowest BCUT2D eigenvalue weighted by Gasteiger charge is -2.10. The van der Waals surface area contributed by atoms with Gasteiger partial charge in [0.1, 0.15) is 22.9 Å². The van der Waals surface area contributed by atoms with Crippen LogP contribution in [0.25, 0.3) is 28.3 Å². The van der Waals surface area contributed by atoms with Crippen LogP contribution in [0.2, 0.25) is 0 Å². The van der Waals surface area contributed by atoms with E-state index in [0.29, 0.717) is 5.56 Å². The van der Waals surface area contributed by atoms with Gasteiger partial charge >= 0.3 is 5.82 Å². The topological polar surface area (TPSA) is 46.2 Å². The summed E-state index contributed by atoms with van der Waals surface area (Å²) in [5.74, 6) is 1.83. The molecule has 0 amide bonds.